The largest absolute Gasteiger partial charge is 0.478 e. The molecule has 0 spiro atoms. The van der Waals surface area contributed by atoms with E-state index in [0.717, 1.165) is 16.5 Å². The van der Waals surface area contributed by atoms with Gasteiger partial charge in [-0.2, -0.15) is 0 Å². The minimum Gasteiger partial charge on any atom is -0.478 e. The van der Waals surface area contributed by atoms with Crippen molar-refractivity contribution < 1.29 is 14.3 Å². The van der Waals surface area contributed by atoms with Crippen molar-refractivity contribution in [2.45, 2.75) is 6.92 Å². The van der Waals surface area contributed by atoms with E-state index >= 15 is 0 Å². The lowest BCUT2D eigenvalue weighted by molar-refractivity contribution is 0.0697. The van der Waals surface area contributed by atoms with E-state index in [1.54, 1.807) is 6.07 Å². The predicted octanol–water partition coefficient (Wildman–Crippen LogP) is 3.56. The molecule has 0 saturated carbocycles. The van der Waals surface area contributed by atoms with Crippen molar-refractivity contribution in [1.29, 1.82) is 0 Å². The molecule has 2 aromatic rings. The molecule has 1 aromatic carbocycles. The fourth-order valence-corrected chi connectivity index (χ4v) is 2.30. The van der Waals surface area contributed by atoms with Gasteiger partial charge >= 0.3 is 5.97 Å². The van der Waals surface area contributed by atoms with E-state index in [0.29, 0.717) is 5.56 Å². The summed E-state index contributed by atoms with van der Waals surface area (Å²) in [6, 6.07) is 5.53. The first-order chi connectivity index (χ1) is 7.59. The van der Waals surface area contributed by atoms with Crippen LogP contribution >= 0.6 is 11.3 Å². The van der Waals surface area contributed by atoms with Crippen molar-refractivity contribution in [3.63, 3.8) is 0 Å². The van der Waals surface area contributed by atoms with Crippen molar-refractivity contribution in [1.82, 2.24) is 0 Å². The van der Waals surface area contributed by atoms with Gasteiger partial charge in [-0.05, 0) is 42.1 Å². The Kier molecular flexibility index (Phi) is 2.75. The standard InChI is InChI=1S/C12H9FO2S/c1-7-9(4-5-16-7)11-6-8(13)2-3-10(11)12(14)15/h2-6H,1H3,(H,14,15). The summed E-state index contributed by atoms with van der Waals surface area (Å²) >= 11 is 1.51. The minimum absolute atomic E-state index is 0.128. The summed E-state index contributed by atoms with van der Waals surface area (Å²) in [6.07, 6.45) is 0. The molecule has 0 aliphatic carbocycles. The van der Waals surface area contributed by atoms with Crippen LogP contribution in [-0.2, 0) is 0 Å². The molecular weight excluding hydrogens is 227 g/mol. The molecule has 0 bridgehead atoms. The second-order valence-corrected chi connectivity index (χ2v) is 4.51. The summed E-state index contributed by atoms with van der Waals surface area (Å²) in [4.78, 5) is 12.0. The van der Waals surface area contributed by atoms with Crippen LogP contribution in [0.4, 0.5) is 4.39 Å². The normalized spacial score (nSPS) is 10.4. The smallest absolute Gasteiger partial charge is 0.336 e. The van der Waals surface area contributed by atoms with Gasteiger partial charge in [0.15, 0.2) is 0 Å². The third kappa shape index (κ3) is 1.84. The summed E-state index contributed by atoms with van der Waals surface area (Å²) in [5, 5.41) is 10.9. The van der Waals surface area contributed by atoms with Crippen molar-refractivity contribution in [3.05, 3.63) is 45.9 Å². The Morgan fingerprint density at radius 2 is 2.06 bits per heavy atom. The zero-order valence-electron chi connectivity index (χ0n) is 8.53. The van der Waals surface area contributed by atoms with Crippen LogP contribution in [0.25, 0.3) is 11.1 Å². The van der Waals surface area contributed by atoms with Crippen molar-refractivity contribution in [2.24, 2.45) is 0 Å². The highest BCUT2D eigenvalue weighted by Crippen LogP contribution is 2.30. The van der Waals surface area contributed by atoms with Gasteiger partial charge in [0.05, 0.1) is 5.56 Å². The lowest BCUT2D eigenvalue weighted by Crippen LogP contribution is -2.00. The Morgan fingerprint density at radius 3 is 2.62 bits per heavy atom. The lowest BCUT2D eigenvalue weighted by atomic mass is 10.0. The number of aryl methyl sites for hydroxylation is 1. The first-order valence-electron chi connectivity index (χ1n) is 4.67. The predicted molar refractivity (Wildman–Crippen MR) is 61.4 cm³/mol. The van der Waals surface area contributed by atoms with E-state index < -0.39 is 11.8 Å². The van der Waals surface area contributed by atoms with Gasteiger partial charge in [-0.3, -0.25) is 0 Å². The average Bonchev–Trinajstić information content (AvgIpc) is 2.63. The molecule has 0 aliphatic heterocycles. The highest BCUT2D eigenvalue weighted by Gasteiger charge is 2.14. The average molecular weight is 236 g/mol. The van der Waals surface area contributed by atoms with E-state index in [1.165, 1.54) is 23.5 Å². The first kappa shape index (κ1) is 10.8. The quantitative estimate of drug-likeness (QED) is 0.865. The molecule has 1 N–H and O–H groups in total. The van der Waals surface area contributed by atoms with E-state index in [1.807, 2.05) is 12.3 Å². The van der Waals surface area contributed by atoms with Gasteiger partial charge in [0.1, 0.15) is 5.82 Å². The van der Waals surface area contributed by atoms with Crippen molar-refractivity contribution >= 4 is 17.3 Å². The topological polar surface area (TPSA) is 37.3 Å². The fourth-order valence-electron chi connectivity index (χ4n) is 1.59. The molecule has 2 nitrogen and oxygen atoms in total. The molecule has 0 aliphatic rings. The molecule has 0 atom stereocenters. The SMILES string of the molecule is Cc1sccc1-c1cc(F)ccc1C(=O)O. The minimum atomic E-state index is -1.04. The number of carbonyl (C=O) groups is 1. The first-order valence-corrected chi connectivity index (χ1v) is 5.55. The van der Waals surface area contributed by atoms with Crippen LogP contribution in [0.15, 0.2) is 29.6 Å². The molecule has 2 rings (SSSR count). The van der Waals surface area contributed by atoms with Crippen LogP contribution < -0.4 is 0 Å². The molecule has 1 aromatic heterocycles. The van der Waals surface area contributed by atoms with Gasteiger partial charge < -0.3 is 5.11 Å². The van der Waals surface area contributed by atoms with E-state index in [-0.39, 0.29) is 5.56 Å². The third-order valence-electron chi connectivity index (χ3n) is 2.36. The van der Waals surface area contributed by atoms with Gasteiger partial charge in [-0.25, -0.2) is 9.18 Å². The van der Waals surface area contributed by atoms with Gasteiger partial charge in [0, 0.05) is 10.4 Å². The maximum absolute atomic E-state index is 13.1. The molecule has 0 radical (unpaired) electrons. The van der Waals surface area contributed by atoms with E-state index in [4.69, 9.17) is 5.11 Å². The summed E-state index contributed by atoms with van der Waals surface area (Å²) in [5.41, 5.74) is 1.34. The molecule has 0 unspecified atom stereocenters. The van der Waals surface area contributed by atoms with Crippen molar-refractivity contribution in [3.8, 4) is 11.1 Å². The molecule has 82 valence electrons. The molecule has 0 saturated heterocycles. The van der Waals surface area contributed by atoms with Crippen LogP contribution in [0.2, 0.25) is 0 Å². The van der Waals surface area contributed by atoms with Gasteiger partial charge in [0.2, 0.25) is 0 Å². The van der Waals surface area contributed by atoms with Crippen LogP contribution in [0.3, 0.4) is 0 Å². The maximum Gasteiger partial charge on any atom is 0.336 e. The Balaban J connectivity index is 2.67. The number of benzene rings is 1. The number of thiophene rings is 1. The van der Waals surface area contributed by atoms with Crippen LogP contribution in [0.5, 0.6) is 0 Å². The Morgan fingerprint density at radius 1 is 1.31 bits per heavy atom. The van der Waals surface area contributed by atoms with Gasteiger partial charge in [-0.1, -0.05) is 0 Å². The number of aromatic carboxylic acids is 1. The van der Waals surface area contributed by atoms with Gasteiger partial charge in [-0.15, -0.1) is 11.3 Å². The van der Waals surface area contributed by atoms with E-state index in [9.17, 15) is 9.18 Å². The number of carboxylic acid groups (broad SMARTS) is 1. The monoisotopic (exact) mass is 236 g/mol. The maximum atomic E-state index is 13.1. The third-order valence-corrected chi connectivity index (χ3v) is 3.21. The Bertz CT molecular complexity index is 546. The number of hydrogen-bond donors (Lipinski definition) is 1. The molecule has 0 fully saturated rings. The summed E-state index contributed by atoms with van der Waals surface area (Å²) in [6.45, 7) is 1.89. The zero-order chi connectivity index (χ0) is 11.7. The van der Waals surface area contributed by atoms with Gasteiger partial charge in [0.25, 0.3) is 0 Å². The van der Waals surface area contributed by atoms with E-state index in [2.05, 4.69) is 0 Å². The summed E-state index contributed by atoms with van der Waals surface area (Å²) in [5.74, 6) is -1.47. The summed E-state index contributed by atoms with van der Waals surface area (Å²) < 4.78 is 13.1. The number of hydrogen-bond acceptors (Lipinski definition) is 2. The molecular formula is C12H9FO2S. The molecule has 4 heteroatoms. The molecule has 0 amide bonds. The Hall–Kier alpha value is -1.68. The second-order valence-electron chi connectivity index (χ2n) is 3.39. The highest BCUT2D eigenvalue weighted by molar-refractivity contribution is 7.10. The second kappa shape index (κ2) is 4.06. The number of carboxylic acids is 1. The zero-order valence-corrected chi connectivity index (χ0v) is 9.34. The number of rotatable bonds is 2. The Labute approximate surface area is 96.0 Å². The summed E-state index contributed by atoms with van der Waals surface area (Å²) in [7, 11) is 0. The molecule has 16 heavy (non-hydrogen) atoms. The fraction of sp³-hybridized carbons (Fsp3) is 0.0833. The highest BCUT2D eigenvalue weighted by atomic mass is 32.1. The molecule has 1 heterocycles. The lowest BCUT2D eigenvalue weighted by Gasteiger charge is -2.05. The van der Waals surface area contributed by atoms with Crippen molar-refractivity contribution in [2.75, 3.05) is 0 Å². The van der Waals surface area contributed by atoms with Crippen LogP contribution in [0, 0.1) is 12.7 Å². The van der Waals surface area contributed by atoms with Crippen LogP contribution in [-0.4, -0.2) is 11.1 Å². The number of halogens is 1. The van der Waals surface area contributed by atoms with Crippen LogP contribution in [0.1, 0.15) is 15.2 Å².